The first-order chi connectivity index (χ1) is 8.38. The van der Waals surface area contributed by atoms with Crippen LogP contribution in [-0.4, -0.2) is 23.2 Å². The molecule has 1 aliphatic rings. The number of methoxy groups -OCH3 is 1. The van der Waals surface area contributed by atoms with E-state index in [0.717, 1.165) is 18.8 Å². The summed E-state index contributed by atoms with van der Waals surface area (Å²) in [7, 11) is 1.69. The number of ether oxygens (including phenoxy) is 1. The average molecular weight is 229 g/mol. The molecule has 1 N–H and O–H groups in total. The van der Waals surface area contributed by atoms with Gasteiger partial charge in [-0.25, -0.2) is 4.98 Å². The molecule has 88 valence electrons. The average Bonchev–Trinajstić information content (AvgIpc) is 2.87. The topological polar surface area (TPSA) is 39.1 Å². The fraction of sp³-hybridized carbons (Fsp3) is 0.308. The van der Waals surface area contributed by atoms with Crippen molar-refractivity contribution in [1.29, 1.82) is 0 Å². The van der Waals surface area contributed by atoms with Gasteiger partial charge in [0, 0.05) is 13.1 Å². The first-order valence-corrected chi connectivity index (χ1v) is 5.76. The third kappa shape index (κ3) is 1.80. The van der Waals surface area contributed by atoms with Gasteiger partial charge in [0.1, 0.15) is 5.75 Å². The molecular weight excluding hydrogens is 214 g/mol. The maximum Gasteiger partial charge on any atom is 0.119 e. The third-order valence-corrected chi connectivity index (χ3v) is 3.17. The van der Waals surface area contributed by atoms with E-state index in [1.165, 1.54) is 11.3 Å². The second kappa shape index (κ2) is 4.22. The van der Waals surface area contributed by atoms with E-state index in [1.807, 2.05) is 24.7 Å². The summed E-state index contributed by atoms with van der Waals surface area (Å²) in [4.78, 5) is 4.21. The van der Waals surface area contributed by atoms with Crippen LogP contribution in [0.1, 0.15) is 17.3 Å². The Kier molecular flexibility index (Phi) is 2.57. The number of hydrogen-bond acceptors (Lipinski definition) is 3. The summed E-state index contributed by atoms with van der Waals surface area (Å²) in [5, 5.41) is 3.51. The molecule has 4 nitrogen and oxygen atoms in total. The smallest absolute Gasteiger partial charge is 0.119 e. The van der Waals surface area contributed by atoms with Gasteiger partial charge in [0.25, 0.3) is 0 Å². The summed E-state index contributed by atoms with van der Waals surface area (Å²) in [6, 6.07) is 8.37. The van der Waals surface area contributed by atoms with Gasteiger partial charge in [-0.05, 0) is 17.7 Å². The standard InChI is InChI=1S/C13H15N3O/c1-17-11-4-2-3-10(7-11)13-12-8-14-9-16(12)6-5-15-13/h2-4,7-9,13,15H,5-6H2,1H3. The van der Waals surface area contributed by atoms with Crippen molar-refractivity contribution in [2.45, 2.75) is 12.6 Å². The van der Waals surface area contributed by atoms with Crippen LogP contribution in [0.25, 0.3) is 0 Å². The molecule has 0 spiro atoms. The lowest BCUT2D eigenvalue weighted by molar-refractivity contribution is 0.412. The molecule has 0 saturated carbocycles. The Hall–Kier alpha value is -1.81. The summed E-state index contributed by atoms with van der Waals surface area (Å²) in [5.41, 5.74) is 2.43. The summed E-state index contributed by atoms with van der Waals surface area (Å²) in [6.07, 6.45) is 3.82. The van der Waals surface area contributed by atoms with Crippen LogP contribution in [-0.2, 0) is 6.54 Å². The van der Waals surface area contributed by atoms with Gasteiger partial charge < -0.3 is 14.6 Å². The van der Waals surface area contributed by atoms with E-state index in [4.69, 9.17) is 4.74 Å². The molecule has 0 radical (unpaired) electrons. The van der Waals surface area contributed by atoms with Crippen LogP contribution >= 0.6 is 0 Å². The van der Waals surface area contributed by atoms with E-state index in [2.05, 4.69) is 27.0 Å². The predicted molar refractivity (Wildman–Crippen MR) is 65.1 cm³/mol. The van der Waals surface area contributed by atoms with Crippen LogP contribution in [0.15, 0.2) is 36.8 Å². The molecule has 2 heterocycles. The first kappa shape index (κ1) is 10.4. The molecule has 0 bridgehead atoms. The molecular formula is C13H15N3O. The fourth-order valence-electron chi connectivity index (χ4n) is 2.30. The summed E-state index contributed by atoms with van der Waals surface area (Å²) in [6.45, 7) is 1.95. The summed E-state index contributed by atoms with van der Waals surface area (Å²) < 4.78 is 7.46. The van der Waals surface area contributed by atoms with Gasteiger partial charge in [-0.3, -0.25) is 0 Å². The highest BCUT2D eigenvalue weighted by Crippen LogP contribution is 2.26. The van der Waals surface area contributed by atoms with Crippen LogP contribution in [0.2, 0.25) is 0 Å². The molecule has 17 heavy (non-hydrogen) atoms. The van der Waals surface area contributed by atoms with Gasteiger partial charge in [-0.1, -0.05) is 12.1 Å². The fourth-order valence-corrected chi connectivity index (χ4v) is 2.30. The second-order valence-corrected chi connectivity index (χ2v) is 4.18. The zero-order valence-corrected chi connectivity index (χ0v) is 9.76. The van der Waals surface area contributed by atoms with Gasteiger partial charge in [-0.2, -0.15) is 0 Å². The zero-order valence-electron chi connectivity index (χ0n) is 9.76. The number of aromatic nitrogens is 2. The van der Waals surface area contributed by atoms with Crippen molar-refractivity contribution >= 4 is 0 Å². The zero-order chi connectivity index (χ0) is 11.7. The van der Waals surface area contributed by atoms with E-state index in [1.54, 1.807) is 7.11 Å². The van der Waals surface area contributed by atoms with Gasteiger partial charge in [-0.15, -0.1) is 0 Å². The Morgan fingerprint density at radius 1 is 1.47 bits per heavy atom. The first-order valence-electron chi connectivity index (χ1n) is 5.76. The largest absolute Gasteiger partial charge is 0.497 e. The Bertz CT molecular complexity index is 521. The molecule has 1 aliphatic heterocycles. The highest BCUT2D eigenvalue weighted by atomic mass is 16.5. The van der Waals surface area contributed by atoms with Gasteiger partial charge >= 0.3 is 0 Å². The highest BCUT2D eigenvalue weighted by Gasteiger charge is 2.21. The van der Waals surface area contributed by atoms with Crippen LogP contribution in [0.4, 0.5) is 0 Å². The van der Waals surface area contributed by atoms with E-state index in [9.17, 15) is 0 Å². The van der Waals surface area contributed by atoms with Crippen LogP contribution in [0, 0.1) is 0 Å². The number of hydrogen-bond donors (Lipinski definition) is 1. The van der Waals surface area contributed by atoms with Crippen molar-refractivity contribution in [1.82, 2.24) is 14.9 Å². The number of rotatable bonds is 2. The van der Waals surface area contributed by atoms with Crippen LogP contribution < -0.4 is 10.1 Å². The number of nitrogens with one attached hydrogen (secondary N) is 1. The Balaban J connectivity index is 2.00. The molecule has 0 amide bonds. The Morgan fingerprint density at radius 3 is 3.29 bits per heavy atom. The molecule has 1 aromatic heterocycles. The van der Waals surface area contributed by atoms with Crippen molar-refractivity contribution in [3.05, 3.63) is 48.0 Å². The molecule has 1 unspecified atom stereocenters. The van der Waals surface area contributed by atoms with E-state index in [0.29, 0.717) is 0 Å². The van der Waals surface area contributed by atoms with Gasteiger partial charge in [0.15, 0.2) is 0 Å². The summed E-state index contributed by atoms with van der Waals surface area (Å²) in [5.74, 6) is 0.890. The molecule has 1 atom stereocenters. The third-order valence-electron chi connectivity index (χ3n) is 3.17. The number of imidazole rings is 1. The minimum atomic E-state index is 0.210. The maximum atomic E-state index is 5.26. The molecule has 4 heteroatoms. The quantitative estimate of drug-likeness (QED) is 0.850. The Labute approximate surface area is 100 Å². The normalized spacial score (nSPS) is 18.8. The van der Waals surface area contributed by atoms with Crippen molar-refractivity contribution in [2.24, 2.45) is 0 Å². The minimum Gasteiger partial charge on any atom is -0.497 e. The Morgan fingerprint density at radius 2 is 2.41 bits per heavy atom. The second-order valence-electron chi connectivity index (χ2n) is 4.18. The van der Waals surface area contributed by atoms with Gasteiger partial charge in [0.05, 0.1) is 31.4 Å². The maximum absolute atomic E-state index is 5.26. The van der Waals surface area contributed by atoms with Crippen LogP contribution in [0.5, 0.6) is 5.75 Å². The van der Waals surface area contributed by atoms with Crippen molar-refractivity contribution in [3.63, 3.8) is 0 Å². The molecule has 0 aliphatic carbocycles. The van der Waals surface area contributed by atoms with E-state index < -0.39 is 0 Å². The molecule has 0 saturated heterocycles. The van der Waals surface area contributed by atoms with Crippen molar-refractivity contribution in [2.75, 3.05) is 13.7 Å². The number of nitrogens with zero attached hydrogens (tertiary/aromatic N) is 2. The molecule has 2 aromatic rings. The van der Waals surface area contributed by atoms with Crippen molar-refractivity contribution in [3.8, 4) is 5.75 Å². The highest BCUT2D eigenvalue weighted by molar-refractivity contribution is 5.34. The predicted octanol–water partition coefficient (Wildman–Crippen LogP) is 1.58. The lowest BCUT2D eigenvalue weighted by atomic mass is 10.0. The summed E-state index contributed by atoms with van der Waals surface area (Å²) >= 11 is 0. The SMILES string of the molecule is COc1cccc(C2NCCn3cncc32)c1. The number of benzene rings is 1. The van der Waals surface area contributed by atoms with Gasteiger partial charge in [0.2, 0.25) is 0 Å². The molecule has 3 rings (SSSR count). The monoisotopic (exact) mass is 229 g/mol. The van der Waals surface area contributed by atoms with E-state index in [-0.39, 0.29) is 6.04 Å². The number of fused-ring (bicyclic) bond motifs is 1. The lowest BCUT2D eigenvalue weighted by Crippen LogP contribution is -2.33. The van der Waals surface area contributed by atoms with Crippen molar-refractivity contribution < 1.29 is 4.74 Å². The van der Waals surface area contributed by atoms with Crippen LogP contribution in [0.3, 0.4) is 0 Å². The molecule has 1 aromatic carbocycles. The molecule has 0 fully saturated rings. The van der Waals surface area contributed by atoms with E-state index >= 15 is 0 Å². The lowest BCUT2D eigenvalue weighted by Gasteiger charge is -2.26. The minimum absolute atomic E-state index is 0.210.